The number of aromatic nitrogens is 3. The highest BCUT2D eigenvalue weighted by Crippen LogP contribution is 2.36. The van der Waals surface area contributed by atoms with E-state index in [9.17, 15) is 17.6 Å². The molecule has 0 saturated carbocycles. The van der Waals surface area contributed by atoms with Gasteiger partial charge in [0, 0.05) is 17.1 Å². The summed E-state index contributed by atoms with van der Waals surface area (Å²) in [7, 11) is 0. The van der Waals surface area contributed by atoms with Gasteiger partial charge in [0.25, 0.3) is 0 Å². The summed E-state index contributed by atoms with van der Waals surface area (Å²) in [5.74, 6) is -0.556. The summed E-state index contributed by atoms with van der Waals surface area (Å²) >= 11 is 0.364. The molecule has 0 amide bonds. The number of alkyl halides is 3. The van der Waals surface area contributed by atoms with Gasteiger partial charge in [-0.1, -0.05) is 0 Å². The Morgan fingerprint density at radius 1 is 1.21 bits per heavy atom. The Hall–Kier alpha value is -1.96. The minimum atomic E-state index is -4.43. The second-order valence-corrected chi connectivity index (χ2v) is 4.63. The first-order valence-corrected chi connectivity index (χ1v) is 5.89. The van der Waals surface area contributed by atoms with E-state index in [1.807, 2.05) is 0 Å². The zero-order valence-electron chi connectivity index (χ0n) is 9.12. The van der Waals surface area contributed by atoms with E-state index in [2.05, 4.69) is 14.3 Å². The number of H-pyrrole nitrogens is 1. The van der Waals surface area contributed by atoms with Crippen LogP contribution in [0.5, 0.6) is 0 Å². The third kappa shape index (κ3) is 2.07. The van der Waals surface area contributed by atoms with Crippen LogP contribution in [0.4, 0.5) is 17.6 Å². The highest BCUT2D eigenvalue weighted by molar-refractivity contribution is 7.06. The van der Waals surface area contributed by atoms with Crippen LogP contribution in [-0.4, -0.2) is 14.3 Å². The molecule has 0 radical (unpaired) electrons. The molecule has 8 heteroatoms. The molecule has 1 N–H and O–H groups in total. The highest BCUT2D eigenvalue weighted by Gasteiger charge is 2.33. The third-order valence-corrected chi connectivity index (χ3v) is 3.40. The molecular weight excluding hydrogens is 282 g/mol. The Labute approximate surface area is 108 Å². The van der Waals surface area contributed by atoms with Crippen LogP contribution in [0.1, 0.15) is 4.88 Å². The van der Waals surface area contributed by atoms with Crippen molar-refractivity contribution in [3.05, 3.63) is 35.2 Å². The van der Waals surface area contributed by atoms with Crippen molar-refractivity contribution in [1.82, 2.24) is 14.3 Å². The molecule has 3 heterocycles. The van der Waals surface area contributed by atoms with Gasteiger partial charge in [-0.05, 0) is 23.7 Å². The number of pyridine rings is 1. The summed E-state index contributed by atoms with van der Waals surface area (Å²) in [5.41, 5.74) is 0.947. The van der Waals surface area contributed by atoms with Crippen molar-refractivity contribution in [2.75, 3.05) is 0 Å². The number of aromatic amines is 1. The first kappa shape index (κ1) is 12.1. The summed E-state index contributed by atoms with van der Waals surface area (Å²) in [6.07, 6.45) is -1.93. The van der Waals surface area contributed by atoms with Crippen LogP contribution in [0, 0.1) is 5.82 Å². The molecule has 3 nitrogen and oxygen atoms in total. The lowest BCUT2D eigenvalue weighted by Crippen LogP contribution is -2.00. The van der Waals surface area contributed by atoms with Crippen LogP contribution in [0.2, 0.25) is 0 Å². The van der Waals surface area contributed by atoms with Gasteiger partial charge < -0.3 is 4.98 Å². The fourth-order valence-corrected chi connectivity index (χ4v) is 2.34. The fraction of sp³-hybridized carbons (Fsp3) is 0.0909. The Kier molecular flexibility index (Phi) is 2.56. The largest absolute Gasteiger partial charge is 0.427 e. The lowest BCUT2D eigenvalue weighted by atomic mass is 10.1. The molecule has 3 aromatic heterocycles. The van der Waals surface area contributed by atoms with Crippen LogP contribution >= 0.6 is 11.5 Å². The standard InChI is InChI=1S/C11H5F4N3S/c12-5-1-6-7(4-17-10(6)16-3-5)8-2-9(19-18-8)11(13,14)15/h1-4H,(H,16,17). The van der Waals surface area contributed by atoms with E-state index < -0.39 is 16.9 Å². The summed E-state index contributed by atoms with van der Waals surface area (Å²) in [6.45, 7) is 0. The van der Waals surface area contributed by atoms with Crippen molar-refractivity contribution < 1.29 is 17.6 Å². The molecule has 0 aliphatic heterocycles. The molecule has 0 aromatic carbocycles. The molecule has 0 fully saturated rings. The number of nitrogens with one attached hydrogen (secondary N) is 1. The van der Waals surface area contributed by atoms with E-state index in [-0.39, 0.29) is 5.69 Å². The maximum atomic E-state index is 13.1. The van der Waals surface area contributed by atoms with Gasteiger partial charge in [0.15, 0.2) is 0 Å². The Morgan fingerprint density at radius 3 is 2.68 bits per heavy atom. The topological polar surface area (TPSA) is 41.6 Å². The second kappa shape index (κ2) is 4.02. The monoisotopic (exact) mass is 287 g/mol. The summed E-state index contributed by atoms with van der Waals surface area (Å²) in [5, 5.41) is 0.402. The molecule has 98 valence electrons. The van der Waals surface area contributed by atoms with Crippen LogP contribution in [0.3, 0.4) is 0 Å². The van der Waals surface area contributed by atoms with Gasteiger partial charge in [0.05, 0.1) is 11.9 Å². The molecular formula is C11H5F4N3S. The fourth-order valence-electron chi connectivity index (χ4n) is 1.73. The van der Waals surface area contributed by atoms with E-state index in [0.717, 1.165) is 12.3 Å². The Morgan fingerprint density at radius 2 is 2.00 bits per heavy atom. The van der Waals surface area contributed by atoms with Gasteiger partial charge in [-0.3, -0.25) is 0 Å². The van der Waals surface area contributed by atoms with E-state index in [1.54, 1.807) is 0 Å². The average molecular weight is 287 g/mol. The molecule has 0 aliphatic carbocycles. The van der Waals surface area contributed by atoms with Gasteiger partial charge in [-0.25, -0.2) is 9.37 Å². The molecule has 0 saturated heterocycles. The van der Waals surface area contributed by atoms with E-state index in [0.29, 0.717) is 28.1 Å². The summed E-state index contributed by atoms with van der Waals surface area (Å²) < 4.78 is 54.4. The van der Waals surface area contributed by atoms with Gasteiger partial charge in [-0.15, -0.1) is 0 Å². The average Bonchev–Trinajstić information content (AvgIpc) is 2.92. The van der Waals surface area contributed by atoms with Crippen molar-refractivity contribution in [3.8, 4) is 11.3 Å². The quantitative estimate of drug-likeness (QED) is 0.691. The smallest absolute Gasteiger partial charge is 0.345 e. The SMILES string of the molecule is Fc1cnc2[nH]cc(-c3cc(C(F)(F)F)sn3)c2c1. The number of halogens is 4. The van der Waals surface area contributed by atoms with Gasteiger partial charge in [-0.2, -0.15) is 17.5 Å². The van der Waals surface area contributed by atoms with E-state index in [1.165, 1.54) is 12.3 Å². The van der Waals surface area contributed by atoms with Crippen LogP contribution in [-0.2, 0) is 6.18 Å². The molecule has 3 rings (SSSR count). The Bertz CT molecular complexity index is 744. The summed E-state index contributed by atoms with van der Waals surface area (Å²) in [6, 6.07) is 2.15. The zero-order valence-corrected chi connectivity index (χ0v) is 9.94. The maximum Gasteiger partial charge on any atom is 0.427 e. The Balaban J connectivity index is 2.14. The number of fused-ring (bicyclic) bond motifs is 1. The lowest BCUT2D eigenvalue weighted by Gasteiger charge is -1.99. The molecule has 0 atom stereocenters. The van der Waals surface area contributed by atoms with Crippen LogP contribution in [0.25, 0.3) is 22.3 Å². The predicted octanol–water partition coefficient (Wildman–Crippen LogP) is 3.84. The van der Waals surface area contributed by atoms with Crippen molar-refractivity contribution >= 4 is 22.6 Å². The number of hydrogen-bond donors (Lipinski definition) is 1. The normalized spacial score (nSPS) is 12.2. The molecule has 0 aliphatic rings. The van der Waals surface area contributed by atoms with Gasteiger partial charge in [0.2, 0.25) is 0 Å². The zero-order chi connectivity index (χ0) is 13.6. The minimum absolute atomic E-state index is 0.149. The first-order valence-electron chi connectivity index (χ1n) is 5.12. The maximum absolute atomic E-state index is 13.1. The van der Waals surface area contributed by atoms with E-state index >= 15 is 0 Å². The molecule has 0 unspecified atom stereocenters. The van der Waals surface area contributed by atoms with Crippen molar-refractivity contribution in [2.45, 2.75) is 6.18 Å². The predicted molar refractivity (Wildman–Crippen MR) is 62.2 cm³/mol. The van der Waals surface area contributed by atoms with E-state index in [4.69, 9.17) is 0 Å². The van der Waals surface area contributed by atoms with Crippen molar-refractivity contribution in [2.24, 2.45) is 0 Å². The van der Waals surface area contributed by atoms with Gasteiger partial charge >= 0.3 is 6.18 Å². The number of hydrogen-bond acceptors (Lipinski definition) is 3. The molecule has 0 bridgehead atoms. The first-order chi connectivity index (χ1) is 8.95. The number of nitrogens with zero attached hydrogens (tertiary/aromatic N) is 2. The van der Waals surface area contributed by atoms with Crippen molar-refractivity contribution in [1.29, 1.82) is 0 Å². The lowest BCUT2D eigenvalue weighted by molar-refractivity contribution is -0.134. The minimum Gasteiger partial charge on any atom is -0.345 e. The molecule has 3 aromatic rings. The molecule has 19 heavy (non-hydrogen) atoms. The highest BCUT2D eigenvalue weighted by atomic mass is 32.1. The summed E-state index contributed by atoms with van der Waals surface area (Å²) in [4.78, 5) is 5.78. The van der Waals surface area contributed by atoms with Crippen molar-refractivity contribution in [3.63, 3.8) is 0 Å². The number of rotatable bonds is 1. The molecule has 0 spiro atoms. The van der Waals surface area contributed by atoms with Gasteiger partial charge in [0.1, 0.15) is 16.3 Å². The second-order valence-electron chi connectivity index (χ2n) is 3.83. The van der Waals surface area contributed by atoms with Crippen LogP contribution in [0.15, 0.2) is 24.5 Å². The third-order valence-electron chi connectivity index (χ3n) is 2.56. The van der Waals surface area contributed by atoms with Crippen LogP contribution < -0.4 is 0 Å².